The Kier molecular flexibility index (Phi) is 3.99. The standard InChI is InChI=1S/C21H15N3OS2/c25-21-23-18(13-7-2-1-3-8-13)17(19(24-21)16-11-6-12-26-16)20-22-14-9-4-5-10-15(14)27-20/h1-12,19H,(H2,23,24,25)/t19-/m1/s1. The van der Waals surface area contributed by atoms with Gasteiger partial charge < -0.3 is 10.6 Å². The van der Waals surface area contributed by atoms with E-state index in [1.165, 1.54) is 0 Å². The number of urea groups is 1. The molecule has 0 saturated heterocycles. The zero-order valence-corrected chi connectivity index (χ0v) is 15.8. The van der Waals surface area contributed by atoms with Gasteiger partial charge >= 0.3 is 6.03 Å². The lowest BCUT2D eigenvalue weighted by Crippen LogP contribution is -2.42. The number of rotatable bonds is 3. The molecular formula is C21H15N3OS2. The molecule has 0 saturated carbocycles. The molecule has 2 aromatic carbocycles. The minimum Gasteiger partial charge on any atom is -0.326 e. The number of carbonyl (C=O) groups is 1. The fourth-order valence-corrected chi connectivity index (χ4v) is 5.12. The van der Waals surface area contributed by atoms with Crippen LogP contribution in [0.1, 0.15) is 21.5 Å². The second kappa shape index (κ2) is 6.64. The first-order valence-electron chi connectivity index (χ1n) is 8.56. The monoisotopic (exact) mass is 389 g/mol. The van der Waals surface area contributed by atoms with Crippen LogP contribution in [0, 0.1) is 0 Å². The van der Waals surface area contributed by atoms with Gasteiger partial charge in [-0.1, -0.05) is 48.5 Å². The summed E-state index contributed by atoms with van der Waals surface area (Å²) in [5.41, 5.74) is 3.77. The average molecular weight is 390 g/mol. The summed E-state index contributed by atoms with van der Waals surface area (Å²) in [6, 6.07) is 21.7. The Balaban J connectivity index is 1.78. The van der Waals surface area contributed by atoms with Crippen molar-refractivity contribution in [2.24, 2.45) is 0 Å². The first kappa shape index (κ1) is 16.2. The number of nitrogens with one attached hydrogen (secondary N) is 2. The van der Waals surface area contributed by atoms with Crippen molar-refractivity contribution in [3.05, 3.63) is 87.6 Å². The van der Waals surface area contributed by atoms with Crippen molar-refractivity contribution in [2.45, 2.75) is 6.04 Å². The summed E-state index contributed by atoms with van der Waals surface area (Å²) < 4.78 is 1.13. The lowest BCUT2D eigenvalue weighted by molar-refractivity contribution is 0.242. The Morgan fingerprint density at radius 1 is 0.926 bits per heavy atom. The van der Waals surface area contributed by atoms with E-state index < -0.39 is 0 Å². The molecule has 0 aliphatic carbocycles. The number of para-hydroxylation sites is 1. The predicted octanol–water partition coefficient (Wildman–Crippen LogP) is 5.28. The maximum Gasteiger partial charge on any atom is 0.320 e. The fraction of sp³-hybridized carbons (Fsp3) is 0.0476. The third kappa shape index (κ3) is 2.93. The molecule has 0 radical (unpaired) electrons. The Hall–Kier alpha value is -2.96. The Labute approximate surface area is 164 Å². The van der Waals surface area contributed by atoms with E-state index in [0.29, 0.717) is 0 Å². The molecular weight excluding hydrogens is 374 g/mol. The molecule has 2 amide bonds. The molecule has 2 N–H and O–H groups in total. The summed E-state index contributed by atoms with van der Waals surface area (Å²) in [5.74, 6) is 0. The number of fused-ring (bicyclic) bond motifs is 1. The van der Waals surface area contributed by atoms with Crippen molar-refractivity contribution in [3.63, 3.8) is 0 Å². The summed E-state index contributed by atoms with van der Waals surface area (Å²) in [5, 5.41) is 9.05. The van der Waals surface area contributed by atoms with Gasteiger partial charge in [-0.15, -0.1) is 22.7 Å². The van der Waals surface area contributed by atoms with Crippen molar-refractivity contribution in [2.75, 3.05) is 0 Å². The number of aromatic nitrogens is 1. The molecule has 1 aliphatic heterocycles. The molecule has 5 rings (SSSR count). The predicted molar refractivity (Wildman–Crippen MR) is 112 cm³/mol. The molecule has 1 atom stereocenters. The van der Waals surface area contributed by atoms with Crippen LogP contribution in [0.4, 0.5) is 4.79 Å². The quantitative estimate of drug-likeness (QED) is 0.501. The minimum atomic E-state index is -0.227. The topological polar surface area (TPSA) is 54.0 Å². The first-order valence-corrected chi connectivity index (χ1v) is 10.3. The highest BCUT2D eigenvalue weighted by Gasteiger charge is 2.32. The molecule has 4 aromatic rings. The summed E-state index contributed by atoms with van der Waals surface area (Å²) >= 11 is 3.28. The lowest BCUT2D eigenvalue weighted by Gasteiger charge is -2.29. The second-order valence-corrected chi connectivity index (χ2v) is 8.20. The summed E-state index contributed by atoms with van der Waals surface area (Å²) in [7, 11) is 0. The van der Waals surface area contributed by atoms with Crippen LogP contribution in [-0.2, 0) is 0 Å². The largest absolute Gasteiger partial charge is 0.326 e. The van der Waals surface area contributed by atoms with Gasteiger partial charge in [-0.2, -0.15) is 0 Å². The van der Waals surface area contributed by atoms with Gasteiger partial charge in [0.25, 0.3) is 0 Å². The molecule has 0 spiro atoms. The second-order valence-electron chi connectivity index (χ2n) is 6.19. The van der Waals surface area contributed by atoms with E-state index in [-0.39, 0.29) is 12.1 Å². The highest BCUT2D eigenvalue weighted by Crippen LogP contribution is 2.41. The van der Waals surface area contributed by atoms with Crippen LogP contribution in [0.5, 0.6) is 0 Å². The van der Waals surface area contributed by atoms with E-state index in [4.69, 9.17) is 4.98 Å². The lowest BCUT2D eigenvalue weighted by atomic mass is 9.97. The molecule has 3 heterocycles. The van der Waals surface area contributed by atoms with Crippen LogP contribution in [0.15, 0.2) is 72.1 Å². The summed E-state index contributed by atoms with van der Waals surface area (Å²) in [6.45, 7) is 0. The van der Waals surface area contributed by atoms with Gasteiger partial charge in [-0.05, 0) is 29.1 Å². The van der Waals surface area contributed by atoms with E-state index in [9.17, 15) is 4.79 Å². The first-order chi connectivity index (χ1) is 13.3. The molecule has 1 aliphatic rings. The SMILES string of the molecule is O=C1NC(c2ccccc2)=C(c2nc3ccccc3s2)[C@@H](c2cccs2)N1. The van der Waals surface area contributed by atoms with E-state index >= 15 is 0 Å². The number of carbonyl (C=O) groups excluding carboxylic acids is 1. The van der Waals surface area contributed by atoms with Crippen molar-refractivity contribution in [1.29, 1.82) is 0 Å². The Bertz CT molecular complexity index is 1110. The van der Waals surface area contributed by atoms with Gasteiger partial charge in [0.15, 0.2) is 0 Å². The van der Waals surface area contributed by atoms with Crippen molar-refractivity contribution >= 4 is 50.2 Å². The number of amides is 2. The third-order valence-corrected chi connectivity index (χ3v) is 6.49. The molecule has 132 valence electrons. The smallest absolute Gasteiger partial charge is 0.320 e. The summed E-state index contributed by atoms with van der Waals surface area (Å²) in [4.78, 5) is 18.4. The number of thiazole rings is 1. The number of hydrogen-bond acceptors (Lipinski definition) is 4. The highest BCUT2D eigenvalue weighted by molar-refractivity contribution is 7.19. The number of nitrogens with zero attached hydrogens (tertiary/aromatic N) is 1. The number of hydrogen-bond donors (Lipinski definition) is 2. The van der Waals surface area contributed by atoms with Gasteiger partial charge in [0.2, 0.25) is 0 Å². The van der Waals surface area contributed by atoms with Crippen LogP contribution in [0.3, 0.4) is 0 Å². The molecule has 27 heavy (non-hydrogen) atoms. The van der Waals surface area contributed by atoms with Crippen molar-refractivity contribution in [3.8, 4) is 0 Å². The fourth-order valence-electron chi connectivity index (χ4n) is 3.28. The van der Waals surface area contributed by atoms with Crippen LogP contribution < -0.4 is 10.6 Å². The maximum atomic E-state index is 12.4. The Morgan fingerprint density at radius 3 is 2.52 bits per heavy atom. The highest BCUT2D eigenvalue weighted by atomic mass is 32.1. The molecule has 0 unspecified atom stereocenters. The van der Waals surface area contributed by atoms with Crippen molar-refractivity contribution < 1.29 is 4.79 Å². The van der Waals surface area contributed by atoms with Gasteiger partial charge in [-0.25, -0.2) is 9.78 Å². The van der Waals surface area contributed by atoms with Gasteiger partial charge in [0.1, 0.15) is 5.01 Å². The van der Waals surface area contributed by atoms with E-state index in [0.717, 1.165) is 36.9 Å². The zero-order chi connectivity index (χ0) is 18.2. The average Bonchev–Trinajstić information content (AvgIpc) is 3.37. The molecule has 6 heteroatoms. The van der Waals surface area contributed by atoms with Crippen LogP contribution in [-0.4, -0.2) is 11.0 Å². The van der Waals surface area contributed by atoms with E-state index in [1.54, 1.807) is 22.7 Å². The van der Waals surface area contributed by atoms with Gasteiger partial charge in [0, 0.05) is 10.5 Å². The minimum absolute atomic E-state index is 0.197. The van der Waals surface area contributed by atoms with Crippen LogP contribution >= 0.6 is 22.7 Å². The Morgan fingerprint density at radius 2 is 1.74 bits per heavy atom. The third-order valence-electron chi connectivity index (χ3n) is 4.49. The maximum absolute atomic E-state index is 12.4. The van der Waals surface area contributed by atoms with Crippen LogP contribution in [0.25, 0.3) is 21.5 Å². The normalized spacial score (nSPS) is 17.0. The zero-order valence-electron chi connectivity index (χ0n) is 14.2. The summed E-state index contributed by atoms with van der Waals surface area (Å²) in [6.07, 6.45) is 0. The van der Waals surface area contributed by atoms with E-state index in [2.05, 4.69) is 22.8 Å². The van der Waals surface area contributed by atoms with Gasteiger partial charge in [-0.3, -0.25) is 0 Å². The molecule has 4 nitrogen and oxygen atoms in total. The van der Waals surface area contributed by atoms with Crippen molar-refractivity contribution in [1.82, 2.24) is 15.6 Å². The number of thiophene rings is 1. The molecule has 0 bridgehead atoms. The van der Waals surface area contributed by atoms with Crippen LogP contribution in [0.2, 0.25) is 0 Å². The van der Waals surface area contributed by atoms with Gasteiger partial charge in [0.05, 0.1) is 22.0 Å². The van der Waals surface area contributed by atoms with E-state index in [1.807, 2.05) is 60.0 Å². The number of benzene rings is 2. The molecule has 0 fully saturated rings. The molecule has 2 aromatic heterocycles.